The molecule has 2 N–H and O–H groups in total. The van der Waals surface area contributed by atoms with Crippen molar-refractivity contribution < 1.29 is 23.1 Å². The largest absolute Gasteiger partial charge is 0.478 e. The number of nitrogens with zero attached hydrogens (tertiary/aromatic N) is 1. The molecule has 0 aliphatic carbocycles. The molecule has 4 nitrogen and oxygen atoms in total. The van der Waals surface area contributed by atoms with Gasteiger partial charge in [0.2, 0.25) is 0 Å². The van der Waals surface area contributed by atoms with Gasteiger partial charge in [0, 0.05) is 6.54 Å². The van der Waals surface area contributed by atoms with Crippen molar-refractivity contribution in [3.05, 3.63) is 59.3 Å². The van der Waals surface area contributed by atoms with E-state index >= 15 is 0 Å². The summed E-state index contributed by atoms with van der Waals surface area (Å²) in [5, 5.41) is 11.6. The van der Waals surface area contributed by atoms with Crippen LogP contribution in [0, 0.1) is 0 Å². The lowest BCUT2D eigenvalue weighted by atomic mass is 10.1. The molecule has 21 heavy (non-hydrogen) atoms. The van der Waals surface area contributed by atoms with Crippen LogP contribution in [-0.4, -0.2) is 16.1 Å². The second-order valence-corrected chi connectivity index (χ2v) is 4.26. The number of carboxylic acid groups (broad SMARTS) is 1. The van der Waals surface area contributed by atoms with E-state index in [-0.39, 0.29) is 17.9 Å². The van der Waals surface area contributed by atoms with Gasteiger partial charge in [0.15, 0.2) is 0 Å². The highest BCUT2D eigenvalue weighted by Crippen LogP contribution is 2.28. The van der Waals surface area contributed by atoms with Crippen LogP contribution in [0.1, 0.15) is 21.6 Å². The molecule has 0 aliphatic rings. The van der Waals surface area contributed by atoms with Crippen molar-refractivity contribution >= 4 is 11.8 Å². The molecule has 0 radical (unpaired) electrons. The fraction of sp³-hybridized carbons (Fsp3) is 0.143. The Morgan fingerprint density at radius 3 is 2.57 bits per heavy atom. The van der Waals surface area contributed by atoms with Crippen LogP contribution in [0.2, 0.25) is 0 Å². The number of nitrogens with one attached hydrogen (secondary N) is 1. The fourth-order valence-corrected chi connectivity index (χ4v) is 1.70. The van der Waals surface area contributed by atoms with Gasteiger partial charge < -0.3 is 10.4 Å². The Hall–Kier alpha value is -2.57. The SMILES string of the molecule is O=C(O)c1cccc(CNc2cccc(C(F)(F)F)n2)c1. The summed E-state index contributed by atoms with van der Waals surface area (Å²) in [6, 6.07) is 9.68. The fourth-order valence-electron chi connectivity index (χ4n) is 1.70. The number of anilines is 1. The van der Waals surface area contributed by atoms with Crippen molar-refractivity contribution in [1.82, 2.24) is 4.98 Å². The van der Waals surface area contributed by atoms with Crippen molar-refractivity contribution in [3.8, 4) is 0 Å². The van der Waals surface area contributed by atoms with E-state index in [9.17, 15) is 18.0 Å². The first-order chi connectivity index (χ1) is 9.86. The monoisotopic (exact) mass is 296 g/mol. The van der Waals surface area contributed by atoms with Crippen molar-refractivity contribution in [3.63, 3.8) is 0 Å². The summed E-state index contributed by atoms with van der Waals surface area (Å²) in [7, 11) is 0. The Bertz CT molecular complexity index is 657. The predicted octanol–water partition coefficient (Wildman–Crippen LogP) is 3.41. The normalized spacial score (nSPS) is 11.2. The first kappa shape index (κ1) is 14.8. The second-order valence-electron chi connectivity index (χ2n) is 4.26. The first-order valence-corrected chi connectivity index (χ1v) is 5.96. The van der Waals surface area contributed by atoms with Crippen molar-refractivity contribution in [1.29, 1.82) is 0 Å². The molecule has 1 aromatic heterocycles. The van der Waals surface area contributed by atoms with Crippen LogP contribution in [0.15, 0.2) is 42.5 Å². The van der Waals surface area contributed by atoms with Crippen molar-refractivity contribution in [2.24, 2.45) is 0 Å². The van der Waals surface area contributed by atoms with E-state index in [0.29, 0.717) is 5.56 Å². The Balaban J connectivity index is 2.10. The van der Waals surface area contributed by atoms with E-state index in [1.165, 1.54) is 24.3 Å². The highest BCUT2D eigenvalue weighted by molar-refractivity contribution is 5.87. The highest BCUT2D eigenvalue weighted by Gasteiger charge is 2.32. The number of pyridine rings is 1. The van der Waals surface area contributed by atoms with Crippen molar-refractivity contribution in [2.75, 3.05) is 5.32 Å². The topological polar surface area (TPSA) is 62.2 Å². The van der Waals surface area contributed by atoms with Gasteiger partial charge in [-0.05, 0) is 29.8 Å². The summed E-state index contributed by atoms with van der Waals surface area (Å²) in [5.41, 5.74) is -0.229. The third-order valence-corrected chi connectivity index (χ3v) is 2.69. The number of benzene rings is 1. The minimum Gasteiger partial charge on any atom is -0.478 e. The molecular weight excluding hydrogens is 285 g/mol. The quantitative estimate of drug-likeness (QED) is 0.907. The number of rotatable bonds is 4. The number of aromatic carboxylic acids is 1. The highest BCUT2D eigenvalue weighted by atomic mass is 19.4. The lowest BCUT2D eigenvalue weighted by Gasteiger charge is -2.09. The Morgan fingerprint density at radius 1 is 1.19 bits per heavy atom. The molecule has 0 saturated heterocycles. The molecule has 1 aromatic carbocycles. The number of alkyl halides is 3. The Kier molecular flexibility index (Phi) is 4.11. The zero-order valence-electron chi connectivity index (χ0n) is 10.7. The van der Waals surface area contributed by atoms with Gasteiger partial charge in [-0.2, -0.15) is 13.2 Å². The van der Waals surface area contributed by atoms with Gasteiger partial charge in [-0.25, -0.2) is 9.78 Å². The summed E-state index contributed by atoms with van der Waals surface area (Å²) in [4.78, 5) is 14.3. The number of carbonyl (C=O) groups is 1. The van der Waals surface area contributed by atoms with Gasteiger partial charge in [-0.1, -0.05) is 18.2 Å². The Morgan fingerprint density at radius 2 is 1.90 bits per heavy atom. The van der Waals surface area contributed by atoms with Crippen LogP contribution in [-0.2, 0) is 12.7 Å². The average Bonchev–Trinajstić information content (AvgIpc) is 2.45. The summed E-state index contributed by atoms with van der Waals surface area (Å²) in [6.45, 7) is 0.176. The van der Waals surface area contributed by atoms with Gasteiger partial charge in [-0.3, -0.25) is 0 Å². The van der Waals surface area contributed by atoms with E-state index in [4.69, 9.17) is 5.11 Å². The standard InChI is InChI=1S/C14H11F3N2O2/c15-14(16,17)11-5-2-6-12(19-11)18-8-9-3-1-4-10(7-9)13(20)21/h1-7H,8H2,(H,18,19)(H,20,21). The number of halogens is 3. The zero-order valence-corrected chi connectivity index (χ0v) is 10.7. The number of carboxylic acids is 1. The minimum absolute atomic E-state index is 0.0746. The lowest BCUT2D eigenvalue weighted by Crippen LogP contribution is -2.10. The van der Waals surface area contributed by atoms with Crippen molar-refractivity contribution in [2.45, 2.75) is 12.7 Å². The smallest absolute Gasteiger partial charge is 0.433 e. The third-order valence-electron chi connectivity index (χ3n) is 2.69. The second kappa shape index (κ2) is 5.82. The molecule has 0 spiro atoms. The van der Waals surface area contributed by atoms with Gasteiger partial charge in [0.05, 0.1) is 5.56 Å². The molecular formula is C14H11F3N2O2. The van der Waals surface area contributed by atoms with Gasteiger partial charge >= 0.3 is 12.1 Å². The molecule has 2 rings (SSSR count). The molecule has 0 saturated carbocycles. The maximum Gasteiger partial charge on any atom is 0.433 e. The number of aromatic nitrogens is 1. The number of hydrogen-bond donors (Lipinski definition) is 2. The summed E-state index contributed by atoms with van der Waals surface area (Å²) in [5.74, 6) is -0.986. The molecule has 110 valence electrons. The zero-order chi connectivity index (χ0) is 15.5. The van der Waals surface area contributed by atoms with Crippen LogP contribution in [0.5, 0.6) is 0 Å². The average molecular weight is 296 g/mol. The van der Waals surface area contributed by atoms with E-state index in [2.05, 4.69) is 10.3 Å². The van der Waals surface area contributed by atoms with E-state index in [1.54, 1.807) is 12.1 Å². The maximum atomic E-state index is 12.5. The lowest BCUT2D eigenvalue weighted by molar-refractivity contribution is -0.141. The van der Waals surface area contributed by atoms with Gasteiger partial charge in [0.25, 0.3) is 0 Å². The molecule has 0 unspecified atom stereocenters. The Labute approximate surface area is 118 Å². The van der Waals surface area contributed by atoms with Crippen LogP contribution in [0.3, 0.4) is 0 Å². The van der Waals surface area contributed by atoms with Gasteiger partial charge in [-0.15, -0.1) is 0 Å². The predicted molar refractivity (Wildman–Crippen MR) is 70.0 cm³/mol. The minimum atomic E-state index is -4.50. The maximum absolute atomic E-state index is 12.5. The summed E-state index contributed by atoms with van der Waals surface area (Å²) in [6.07, 6.45) is -4.50. The molecule has 0 amide bonds. The first-order valence-electron chi connectivity index (χ1n) is 5.96. The summed E-state index contributed by atoms with van der Waals surface area (Å²) >= 11 is 0. The van der Waals surface area contributed by atoms with E-state index in [0.717, 1.165) is 6.07 Å². The molecule has 1 heterocycles. The van der Waals surface area contributed by atoms with E-state index < -0.39 is 17.8 Å². The number of hydrogen-bond acceptors (Lipinski definition) is 3. The molecule has 0 aliphatic heterocycles. The molecule has 0 fully saturated rings. The van der Waals surface area contributed by atoms with Crippen LogP contribution in [0.25, 0.3) is 0 Å². The molecule has 0 atom stereocenters. The van der Waals surface area contributed by atoms with Crippen LogP contribution in [0.4, 0.5) is 19.0 Å². The van der Waals surface area contributed by atoms with E-state index in [1.807, 2.05) is 0 Å². The molecule has 2 aromatic rings. The molecule has 7 heteroatoms. The third kappa shape index (κ3) is 3.95. The molecule has 0 bridgehead atoms. The van der Waals surface area contributed by atoms with Gasteiger partial charge in [0.1, 0.15) is 11.5 Å². The summed E-state index contributed by atoms with van der Waals surface area (Å²) < 4.78 is 37.6. The van der Waals surface area contributed by atoms with Crippen LogP contribution < -0.4 is 5.32 Å². The van der Waals surface area contributed by atoms with Crippen LogP contribution >= 0.6 is 0 Å².